The molecule has 4 aromatic carbocycles. The molecule has 0 aliphatic heterocycles. The Hall–Kier alpha value is -3.12. The molecule has 0 amide bonds. The van der Waals surface area contributed by atoms with Gasteiger partial charge >= 0.3 is 0 Å². The van der Waals surface area contributed by atoms with Gasteiger partial charge in [0.25, 0.3) is 0 Å². The van der Waals surface area contributed by atoms with Gasteiger partial charge < -0.3 is 0 Å². The molecule has 0 spiro atoms. The quantitative estimate of drug-likeness (QED) is 0.233. The Morgan fingerprint density at radius 1 is 0.793 bits per heavy atom. The van der Waals surface area contributed by atoms with Crippen LogP contribution in [0.1, 0.15) is 37.8 Å². The summed E-state index contributed by atoms with van der Waals surface area (Å²) in [5.74, 6) is 0. The molecule has 0 saturated carbocycles. The number of hydrogen-bond acceptors (Lipinski definition) is 0. The molecule has 0 unspecified atom stereocenters. The Morgan fingerprint density at radius 2 is 1.41 bits per heavy atom. The standard InChI is InChI=1S/C29H28/c1-4-7-14-22(6-3)28-24-16-8-10-18-26(24)29(27-19-11-9-17-25(27)28)23-15-12-13-21(5-2)20-23/h6,8-20H,3-5,7H2,1-2H3/b22-14+. The van der Waals surface area contributed by atoms with E-state index in [1.165, 1.54) is 49.4 Å². The Morgan fingerprint density at radius 3 is 1.97 bits per heavy atom. The minimum atomic E-state index is 1.04. The van der Waals surface area contributed by atoms with Crippen LogP contribution in [0.3, 0.4) is 0 Å². The van der Waals surface area contributed by atoms with Crippen molar-refractivity contribution in [1.82, 2.24) is 0 Å². The molecule has 144 valence electrons. The highest BCUT2D eigenvalue weighted by Gasteiger charge is 2.16. The molecule has 0 radical (unpaired) electrons. The van der Waals surface area contributed by atoms with Crippen molar-refractivity contribution in [3.05, 3.63) is 103 Å². The lowest BCUT2D eigenvalue weighted by Crippen LogP contribution is -1.93. The second-order valence-corrected chi connectivity index (χ2v) is 7.55. The van der Waals surface area contributed by atoms with Crippen LogP contribution in [0.2, 0.25) is 0 Å². The van der Waals surface area contributed by atoms with Crippen LogP contribution in [-0.4, -0.2) is 0 Å². The van der Waals surface area contributed by atoms with E-state index in [1.54, 1.807) is 0 Å². The summed E-state index contributed by atoms with van der Waals surface area (Å²) in [5, 5.41) is 5.20. The van der Waals surface area contributed by atoms with E-state index in [1.807, 2.05) is 6.08 Å². The first-order valence-corrected chi connectivity index (χ1v) is 10.6. The third-order valence-corrected chi connectivity index (χ3v) is 5.72. The molecule has 29 heavy (non-hydrogen) atoms. The van der Waals surface area contributed by atoms with Gasteiger partial charge in [-0.05, 0) is 62.2 Å². The van der Waals surface area contributed by atoms with Gasteiger partial charge in [-0.2, -0.15) is 0 Å². The fourth-order valence-electron chi connectivity index (χ4n) is 4.28. The Labute approximate surface area is 174 Å². The topological polar surface area (TPSA) is 0 Å². The molecule has 0 bridgehead atoms. The van der Waals surface area contributed by atoms with Crippen LogP contribution in [-0.2, 0) is 6.42 Å². The maximum atomic E-state index is 4.14. The highest BCUT2D eigenvalue weighted by molar-refractivity contribution is 6.19. The molecule has 0 aliphatic rings. The van der Waals surface area contributed by atoms with Gasteiger partial charge in [-0.15, -0.1) is 0 Å². The van der Waals surface area contributed by atoms with Crippen molar-refractivity contribution in [2.75, 3.05) is 0 Å². The molecule has 0 heterocycles. The van der Waals surface area contributed by atoms with E-state index < -0.39 is 0 Å². The highest BCUT2D eigenvalue weighted by atomic mass is 14.2. The molecule has 0 N–H and O–H groups in total. The predicted octanol–water partition coefficient (Wildman–Crippen LogP) is 8.59. The molecular formula is C29H28. The SMILES string of the molecule is C=C/C(=C\CCC)c1c2ccccc2c(-c2cccc(CC)c2)c2ccccc12. The van der Waals surface area contributed by atoms with Crippen molar-refractivity contribution >= 4 is 27.1 Å². The Kier molecular flexibility index (Phi) is 5.62. The van der Waals surface area contributed by atoms with Gasteiger partial charge in [0.1, 0.15) is 0 Å². The second kappa shape index (κ2) is 8.49. The molecule has 0 atom stereocenters. The van der Waals surface area contributed by atoms with E-state index in [-0.39, 0.29) is 0 Å². The number of fused-ring (bicyclic) bond motifs is 2. The summed E-state index contributed by atoms with van der Waals surface area (Å²) in [6.45, 7) is 8.57. The molecule has 4 aromatic rings. The van der Waals surface area contributed by atoms with Crippen molar-refractivity contribution in [3.8, 4) is 11.1 Å². The maximum absolute atomic E-state index is 4.14. The van der Waals surface area contributed by atoms with Crippen LogP contribution in [0.15, 0.2) is 91.5 Å². The van der Waals surface area contributed by atoms with E-state index >= 15 is 0 Å². The normalized spacial score (nSPS) is 11.9. The number of unbranched alkanes of at least 4 members (excludes halogenated alkanes) is 1. The van der Waals surface area contributed by atoms with Crippen LogP contribution in [0, 0.1) is 0 Å². The van der Waals surface area contributed by atoms with Gasteiger partial charge in [-0.3, -0.25) is 0 Å². The second-order valence-electron chi connectivity index (χ2n) is 7.55. The Bertz CT molecular complexity index is 1150. The third kappa shape index (κ3) is 3.51. The summed E-state index contributed by atoms with van der Waals surface area (Å²) >= 11 is 0. The molecule has 0 heteroatoms. The summed E-state index contributed by atoms with van der Waals surface area (Å²) in [5.41, 5.74) is 6.52. The van der Waals surface area contributed by atoms with Crippen LogP contribution in [0.4, 0.5) is 0 Å². The molecule has 0 saturated heterocycles. The average molecular weight is 377 g/mol. The number of allylic oxidation sites excluding steroid dienone is 3. The number of aryl methyl sites for hydroxylation is 1. The smallest absolute Gasteiger partial charge is 0.00263 e. The lowest BCUT2D eigenvalue weighted by molar-refractivity contribution is 0.961. The zero-order valence-electron chi connectivity index (χ0n) is 17.4. The summed E-state index contributed by atoms with van der Waals surface area (Å²) in [4.78, 5) is 0. The number of rotatable bonds is 6. The fraction of sp³-hybridized carbons (Fsp3) is 0.172. The lowest BCUT2D eigenvalue weighted by atomic mass is 9.85. The molecule has 0 aromatic heterocycles. The van der Waals surface area contributed by atoms with Crippen LogP contribution in [0.5, 0.6) is 0 Å². The lowest BCUT2D eigenvalue weighted by Gasteiger charge is -2.18. The first kappa shape index (κ1) is 19.2. The Balaban J connectivity index is 2.16. The van der Waals surface area contributed by atoms with Crippen LogP contribution >= 0.6 is 0 Å². The number of benzene rings is 4. The monoisotopic (exact) mass is 376 g/mol. The van der Waals surface area contributed by atoms with Crippen LogP contribution < -0.4 is 0 Å². The van der Waals surface area contributed by atoms with E-state index in [9.17, 15) is 0 Å². The molecule has 0 fully saturated rings. The third-order valence-electron chi connectivity index (χ3n) is 5.72. The van der Waals surface area contributed by atoms with Gasteiger partial charge in [-0.25, -0.2) is 0 Å². The molecule has 0 nitrogen and oxygen atoms in total. The molecule has 4 rings (SSSR count). The average Bonchev–Trinajstić information content (AvgIpc) is 2.78. The van der Waals surface area contributed by atoms with Gasteiger partial charge in [0.2, 0.25) is 0 Å². The van der Waals surface area contributed by atoms with E-state index in [4.69, 9.17) is 0 Å². The first-order valence-electron chi connectivity index (χ1n) is 10.6. The van der Waals surface area contributed by atoms with Gasteiger partial charge in [0.15, 0.2) is 0 Å². The zero-order valence-corrected chi connectivity index (χ0v) is 17.4. The predicted molar refractivity (Wildman–Crippen MR) is 129 cm³/mol. The fourth-order valence-corrected chi connectivity index (χ4v) is 4.28. The zero-order chi connectivity index (χ0) is 20.2. The molecular weight excluding hydrogens is 348 g/mol. The van der Waals surface area contributed by atoms with E-state index in [2.05, 4.69) is 99.3 Å². The molecule has 0 aliphatic carbocycles. The summed E-state index contributed by atoms with van der Waals surface area (Å²) in [6.07, 6.45) is 7.58. The minimum Gasteiger partial charge on any atom is -0.0985 e. The van der Waals surface area contributed by atoms with Gasteiger partial charge in [0, 0.05) is 0 Å². The highest BCUT2D eigenvalue weighted by Crippen LogP contribution is 2.42. The van der Waals surface area contributed by atoms with Crippen molar-refractivity contribution in [3.63, 3.8) is 0 Å². The first-order chi connectivity index (χ1) is 14.3. The van der Waals surface area contributed by atoms with E-state index in [0.29, 0.717) is 0 Å². The summed E-state index contributed by atoms with van der Waals surface area (Å²) in [7, 11) is 0. The van der Waals surface area contributed by atoms with Crippen LogP contribution in [0.25, 0.3) is 38.2 Å². The van der Waals surface area contributed by atoms with Crippen molar-refractivity contribution in [2.45, 2.75) is 33.1 Å². The van der Waals surface area contributed by atoms with Gasteiger partial charge in [0.05, 0.1) is 0 Å². The van der Waals surface area contributed by atoms with Gasteiger partial charge in [-0.1, -0.05) is 112 Å². The van der Waals surface area contributed by atoms with Crippen molar-refractivity contribution in [2.24, 2.45) is 0 Å². The van der Waals surface area contributed by atoms with Crippen molar-refractivity contribution in [1.29, 1.82) is 0 Å². The van der Waals surface area contributed by atoms with E-state index in [0.717, 1.165) is 19.3 Å². The maximum Gasteiger partial charge on any atom is -0.00263 e. The summed E-state index contributed by atoms with van der Waals surface area (Å²) < 4.78 is 0. The number of hydrogen-bond donors (Lipinski definition) is 0. The largest absolute Gasteiger partial charge is 0.0985 e. The summed E-state index contributed by atoms with van der Waals surface area (Å²) in [6, 6.07) is 26.6. The minimum absolute atomic E-state index is 1.04. The van der Waals surface area contributed by atoms with Crippen molar-refractivity contribution < 1.29 is 0 Å².